The molecule has 2 atom stereocenters. The molecule has 0 saturated carbocycles. The summed E-state index contributed by atoms with van der Waals surface area (Å²) in [5.74, 6) is 0.559. The lowest BCUT2D eigenvalue weighted by Crippen LogP contribution is -2.51. The third-order valence-corrected chi connectivity index (χ3v) is 6.39. The van der Waals surface area contributed by atoms with Crippen molar-refractivity contribution in [1.82, 2.24) is 4.90 Å². The molecule has 2 heterocycles. The molecule has 0 aliphatic carbocycles. The summed E-state index contributed by atoms with van der Waals surface area (Å²) in [6, 6.07) is 20.7. The van der Waals surface area contributed by atoms with Gasteiger partial charge in [0.05, 0.1) is 5.60 Å². The van der Waals surface area contributed by atoms with Crippen molar-refractivity contribution < 1.29 is 5.11 Å². The number of rotatable bonds is 5. The van der Waals surface area contributed by atoms with E-state index < -0.39 is 5.60 Å². The van der Waals surface area contributed by atoms with Crippen LogP contribution in [0.4, 0.5) is 0 Å². The van der Waals surface area contributed by atoms with Crippen LogP contribution in [-0.2, 0) is 13.0 Å². The van der Waals surface area contributed by atoms with E-state index in [0.29, 0.717) is 18.0 Å². The van der Waals surface area contributed by atoms with Crippen molar-refractivity contribution in [3.05, 3.63) is 71.3 Å². The molecule has 1 N–H and O–H groups in total. The Balaban J connectivity index is 1.43. The first kappa shape index (κ1) is 17.8. The van der Waals surface area contributed by atoms with Crippen molar-refractivity contribution in [2.24, 2.45) is 0 Å². The van der Waals surface area contributed by atoms with Gasteiger partial charge in [0, 0.05) is 25.0 Å². The topological polar surface area (TPSA) is 23.5 Å². The molecule has 2 aliphatic rings. The molecule has 2 heteroatoms. The minimum atomic E-state index is -0.543. The molecule has 0 aromatic heterocycles. The summed E-state index contributed by atoms with van der Waals surface area (Å²) in [6.07, 6.45) is 5.06. The quantitative estimate of drug-likeness (QED) is 0.829. The molecular formula is C24H31NO. The molecule has 4 rings (SSSR count). The SMILES string of the molecule is CC(C)c1ccc(CC2(O)CC3CCC(C2)N3Cc2ccccc2)cc1. The summed E-state index contributed by atoms with van der Waals surface area (Å²) in [7, 11) is 0. The molecule has 2 aliphatic heterocycles. The molecule has 0 radical (unpaired) electrons. The lowest BCUT2D eigenvalue weighted by atomic mass is 9.81. The van der Waals surface area contributed by atoms with E-state index in [1.165, 1.54) is 29.5 Å². The van der Waals surface area contributed by atoms with Gasteiger partial charge in [-0.15, -0.1) is 0 Å². The van der Waals surface area contributed by atoms with Gasteiger partial charge in [-0.3, -0.25) is 4.90 Å². The van der Waals surface area contributed by atoms with Crippen LogP contribution >= 0.6 is 0 Å². The smallest absolute Gasteiger partial charge is 0.0717 e. The lowest BCUT2D eigenvalue weighted by molar-refractivity contribution is -0.0540. The number of hydrogen-bond acceptors (Lipinski definition) is 2. The maximum Gasteiger partial charge on any atom is 0.0717 e. The van der Waals surface area contributed by atoms with Crippen LogP contribution in [0.5, 0.6) is 0 Å². The van der Waals surface area contributed by atoms with Crippen LogP contribution in [0.25, 0.3) is 0 Å². The highest BCUT2D eigenvalue weighted by molar-refractivity contribution is 5.26. The number of piperidine rings is 1. The molecule has 2 bridgehead atoms. The van der Waals surface area contributed by atoms with Crippen molar-refractivity contribution in [1.29, 1.82) is 0 Å². The van der Waals surface area contributed by atoms with Crippen molar-refractivity contribution in [2.75, 3.05) is 0 Å². The molecule has 26 heavy (non-hydrogen) atoms. The van der Waals surface area contributed by atoms with Crippen LogP contribution in [0.2, 0.25) is 0 Å². The number of hydrogen-bond donors (Lipinski definition) is 1. The standard InChI is InChI=1S/C24H31NO/c1-18(2)21-10-8-19(9-11-21)14-24(26)15-22-12-13-23(16-24)25(22)17-20-6-4-3-5-7-20/h3-11,18,22-23,26H,12-17H2,1-2H3. The monoisotopic (exact) mass is 349 g/mol. The van der Waals surface area contributed by atoms with E-state index in [-0.39, 0.29) is 0 Å². The molecule has 2 fully saturated rings. The van der Waals surface area contributed by atoms with Gasteiger partial charge in [0.2, 0.25) is 0 Å². The highest BCUT2D eigenvalue weighted by Crippen LogP contribution is 2.43. The zero-order valence-electron chi connectivity index (χ0n) is 16.1. The largest absolute Gasteiger partial charge is 0.389 e. The summed E-state index contributed by atoms with van der Waals surface area (Å²) in [5, 5.41) is 11.3. The Hall–Kier alpha value is -1.64. The second kappa shape index (κ2) is 7.17. The number of benzene rings is 2. The normalized spacial score (nSPS) is 28.6. The first-order valence-corrected chi connectivity index (χ1v) is 10.1. The van der Waals surface area contributed by atoms with E-state index >= 15 is 0 Å². The Labute approximate surface area is 157 Å². The predicted molar refractivity (Wildman–Crippen MR) is 107 cm³/mol. The van der Waals surface area contributed by atoms with E-state index in [0.717, 1.165) is 25.8 Å². The third kappa shape index (κ3) is 3.72. The second-order valence-corrected chi connectivity index (χ2v) is 8.75. The summed E-state index contributed by atoms with van der Waals surface area (Å²) in [6.45, 7) is 5.47. The van der Waals surface area contributed by atoms with Crippen molar-refractivity contribution in [2.45, 2.75) is 76.1 Å². The molecule has 2 saturated heterocycles. The van der Waals surface area contributed by atoms with Crippen molar-refractivity contribution >= 4 is 0 Å². The van der Waals surface area contributed by atoms with Gasteiger partial charge >= 0.3 is 0 Å². The summed E-state index contributed by atoms with van der Waals surface area (Å²) in [5.41, 5.74) is 3.49. The Kier molecular flexibility index (Phi) is 4.90. The van der Waals surface area contributed by atoms with E-state index in [1.807, 2.05) is 0 Å². The molecular weight excluding hydrogens is 318 g/mol. The van der Waals surface area contributed by atoms with Gasteiger partial charge in [-0.1, -0.05) is 68.4 Å². The molecule has 0 spiro atoms. The first-order chi connectivity index (χ1) is 12.5. The van der Waals surface area contributed by atoms with E-state index in [4.69, 9.17) is 0 Å². The molecule has 2 aromatic carbocycles. The highest BCUT2D eigenvalue weighted by Gasteiger charge is 2.47. The van der Waals surface area contributed by atoms with E-state index in [2.05, 4.69) is 73.3 Å². The van der Waals surface area contributed by atoms with Crippen LogP contribution in [0.15, 0.2) is 54.6 Å². The third-order valence-electron chi connectivity index (χ3n) is 6.39. The van der Waals surface area contributed by atoms with Gasteiger partial charge in [-0.2, -0.15) is 0 Å². The van der Waals surface area contributed by atoms with Gasteiger partial charge in [0.1, 0.15) is 0 Å². The van der Waals surface area contributed by atoms with Gasteiger partial charge in [-0.25, -0.2) is 0 Å². The van der Waals surface area contributed by atoms with Gasteiger partial charge in [-0.05, 0) is 48.3 Å². The Bertz CT molecular complexity index is 708. The maximum absolute atomic E-state index is 11.3. The fourth-order valence-electron chi connectivity index (χ4n) is 5.01. The molecule has 0 amide bonds. The lowest BCUT2D eigenvalue weighted by Gasteiger charge is -2.44. The zero-order valence-corrected chi connectivity index (χ0v) is 16.1. The van der Waals surface area contributed by atoms with Crippen LogP contribution in [0.1, 0.15) is 62.1 Å². The van der Waals surface area contributed by atoms with Crippen LogP contribution in [-0.4, -0.2) is 27.7 Å². The van der Waals surface area contributed by atoms with Crippen LogP contribution in [0, 0.1) is 0 Å². The molecule has 138 valence electrons. The van der Waals surface area contributed by atoms with Crippen LogP contribution < -0.4 is 0 Å². The number of nitrogens with zero attached hydrogens (tertiary/aromatic N) is 1. The number of aliphatic hydroxyl groups is 1. The van der Waals surface area contributed by atoms with E-state index in [1.54, 1.807) is 0 Å². The second-order valence-electron chi connectivity index (χ2n) is 8.75. The summed E-state index contributed by atoms with van der Waals surface area (Å²) >= 11 is 0. The molecule has 2 unspecified atom stereocenters. The average Bonchev–Trinajstić information content (AvgIpc) is 2.87. The molecule has 2 aromatic rings. The van der Waals surface area contributed by atoms with Crippen molar-refractivity contribution in [3.8, 4) is 0 Å². The van der Waals surface area contributed by atoms with E-state index in [9.17, 15) is 5.11 Å². The highest BCUT2D eigenvalue weighted by atomic mass is 16.3. The number of fused-ring (bicyclic) bond motifs is 2. The average molecular weight is 350 g/mol. The fraction of sp³-hybridized carbons (Fsp3) is 0.500. The summed E-state index contributed by atoms with van der Waals surface area (Å²) < 4.78 is 0. The summed E-state index contributed by atoms with van der Waals surface area (Å²) in [4.78, 5) is 2.64. The molecule has 2 nitrogen and oxygen atoms in total. The Morgan fingerprint density at radius 2 is 1.54 bits per heavy atom. The Morgan fingerprint density at radius 3 is 2.12 bits per heavy atom. The zero-order chi connectivity index (χ0) is 18.1. The van der Waals surface area contributed by atoms with Crippen molar-refractivity contribution in [3.63, 3.8) is 0 Å². The van der Waals surface area contributed by atoms with Gasteiger partial charge < -0.3 is 5.11 Å². The Morgan fingerprint density at radius 1 is 0.923 bits per heavy atom. The van der Waals surface area contributed by atoms with Gasteiger partial charge in [0.15, 0.2) is 0 Å². The predicted octanol–water partition coefficient (Wildman–Crippen LogP) is 4.91. The minimum absolute atomic E-state index is 0.522. The van der Waals surface area contributed by atoms with Crippen LogP contribution in [0.3, 0.4) is 0 Å². The fourth-order valence-corrected chi connectivity index (χ4v) is 5.01. The van der Waals surface area contributed by atoms with Gasteiger partial charge in [0.25, 0.3) is 0 Å². The first-order valence-electron chi connectivity index (χ1n) is 10.1. The maximum atomic E-state index is 11.3. The minimum Gasteiger partial charge on any atom is -0.389 e.